The number of fused-ring (bicyclic) bond motifs is 2. The van der Waals surface area contributed by atoms with Crippen LogP contribution in [0.1, 0.15) is 71.8 Å². The van der Waals surface area contributed by atoms with E-state index in [1.54, 1.807) is 0 Å². The van der Waals surface area contributed by atoms with Crippen LogP contribution >= 0.6 is 0 Å². The smallest absolute Gasteiger partial charge is 0.120 e. The summed E-state index contributed by atoms with van der Waals surface area (Å²) in [7, 11) is 0. The molecule has 0 aromatic heterocycles. The van der Waals surface area contributed by atoms with Crippen LogP contribution in [0.5, 0.6) is 0 Å². The van der Waals surface area contributed by atoms with E-state index in [1.807, 2.05) is 30.4 Å². The van der Waals surface area contributed by atoms with Crippen LogP contribution in [-0.2, 0) is 4.74 Å². The first-order valence-corrected chi connectivity index (χ1v) is 17.9. The first kappa shape index (κ1) is 32.3. The molecule has 3 nitrogen and oxygen atoms in total. The number of hydrogen-bond acceptors (Lipinski definition) is 3. The fourth-order valence-corrected chi connectivity index (χ4v) is 9.31. The Morgan fingerprint density at radius 3 is 2.35 bits per heavy atom. The maximum absolute atomic E-state index is 11.4. The molecule has 2 aromatic rings. The lowest BCUT2D eigenvalue weighted by molar-refractivity contribution is 0.118. The Balaban J connectivity index is 1.38. The molecule has 3 heteroatoms. The van der Waals surface area contributed by atoms with Crippen molar-refractivity contribution in [2.45, 2.75) is 72.3 Å². The SMILES string of the molecule is C=C1C(C)C2/C=C\C3=C(/C/C=C(O)\C=C/C12CC(C)CC)C(c1ccc(-c2ccccc2)cc1)CC1C=C(O)C=CC2(C)C1=C2[C@H](C)O3. The van der Waals surface area contributed by atoms with Gasteiger partial charge >= 0.3 is 0 Å². The monoisotopic (exact) mass is 638 g/mol. The highest BCUT2D eigenvalue weighted by molar-refractivity contribution is 5.64. The van der Waals surface area contributed by atoms with Gasteiger partial charge in [0.05, 0.1) is 0 Å². The molecule has 0 spiro atoms. The first-order valence-electron chi connectivity index (χ1n) is 17.9. The molecule has 5 aliphatic rings. The molecular formula is C45H50O3. The normalized spacial score (nSPS) is 37.1. The Labute approximate surface area is 287 Å². The van der Waals surface area contributed by atoms with Crippen molar-refractivity contribution in [2.75, 3.05) is 0 Å². The fourth-order valence-electron chi connectivity index (χ4n) is 9.31. The average molecular weight is 639 g/mol. The Hall–Kier alpha value is -4.24. The predicted octanol–water partition coefficient (Wildman–Crippen LogP) is 11.6. The van der Waals surface area contributed by atoms with E-state index in [2.05, 4.69) is 114 Å². The molecule has 0 bridgehead atoms. The molecule has 248 valence electrons. The van der Waals surface area contributed by atoms with E-state index in [9.17, 15) is 10.2 Å². The molecule has 7 rings (SSSR count). The van der Waals surface area contributed by atoms with Crippen molar-refractivity contribution in [3.8, 4) is 11.1 Å². The number of aliphatic hydroxyl groups is 2. The summed E-state index contributed by atoms with van der Waals surface area (Å²) in [6.45, 7) is 15.9. The number of ether oxygens (including phenoxy) is 1. The van der Waals surface area contributed by atoms with Crippen LogP contribution in [0.3, 0.4) is 0 Å². The molecule has 0 amide bonds. The highest BCUT2D eigenvalue weighted by Crippen LogP contribution is 2.64. The van der Waals surface area contributed by atoms with E-state index in [1.165, 1.54) is 33.4 Å². The van der Waals surface area contributed by atoms with Crippen molar-refractivity contribution in [1.82, 2.24) is 0 Å². The Kier molecular flexibility index (Phi) is 8.30. The largest absolute Gasteiger partial charge is 0.508 e. The second-order valence-electron chi connectivity index (χ2n) is 15.1. The molecule has 4 aliphatic carbocycles. The molecule has 0 radical (unpaired) electrons. The fraction of sp³-hybridized carbons (Fsp3) is 0.378. The van der Waals surface area contributed by atoms with Gasteiger partial charge in [-0.05, 0) is 115 Å². The average Bonchev–Trinajstić information content (AvgIpc) is 3.74. The summed E-state index contributed by atoms with van der Waals surface area (Å²) in [5, 5.41) is 22.2. The molecule has 2 N–H and O–H groups in total. The Morgan fingerprint density at radius 1 is 0.917 bits per heavy atom. The van der Waals surface area contributed by atoms with Gasteiger partial charge in [-0.2, -0.15) is 0 Å². The molecule has 1 aliphatic heterocycles. The molecule has 8 atom stereocenters. The standard InChI is InChI=1S/C45H50O3/c1-7-28(2)27-45-24-22-36(46)17-18-38-39(34-15-13-33(14-16-34)32-11-9-8-10-12-32)26-35-25-37(47)21-23-44(6)42(43(35)44)31(5)48-41(38)20-19-40(45)29(3)30(45)4/h8-17,19-25,28-29,31,35,39-40,46-47H,4,7,18,26-27H2,1-3,5-6H3/b20-19-,24-22-,36-17+,41-38-/t28?,29?,31-,35?,39?,40?,44?,45?/m0/s1. The van der Waals surface area contributed by atoms with Crippen LogP contribution in [-0.4, -0.2) is 16.3 Å². The van der Waals surface area contributed by atoms with Crippen molar-refractivity contribution in [3.05, 3.63) is 155 Å². The lowest BCUT2D eigenvalue weighted by Crippen LogP contribution is -2.48. The third kappa shape index (κ3) is 5.46. The molecule has 1 heterocycles. The summed E-state index contributed by atoms with van der Waals surface area (Å²) in [6.07, 6.45) is 20.1. The van der Waals surface area contributed by atoms with Gasteiger partial charge in [-0.1, -0.05) is 112 Å². The summed E-state index contributed by atoms with van der Waals surface area (Å²) < 4.78 is 7.09. The molecule has 48 heavy (non-hydrogen) atoms. The second-order valence-corrected chi connectivity index (χ2v) is 15.1. The molecule has 2 aromatic carbocycles. The van der Waals surface area contributed by atoms with Gasteiger partial charge in [-0.25, -0.2) is 0 Å². The summed E-state index contributed by atoms with van der Waals surface area (Å²) in [5.74, 6) is 2.68. The van der Waals surface area contributed by atoms with Crippen LogP contribution in [0.4, 0.5) is 0 Å². The lowest BCUT2D eigenvalue weighted by atomic mass is 9.48. The van der Waals surface area contributed by atoms with E-state index in [0.717, 1.165) is 30.6 Å². The van der Waals surface area contributed by atoms with Crippen LogP contribution in [0, 0.1) is 34.5 Å². The van der Waals surface area contributed by atoms with E-state index >= 15 is 0 Å². The number of hydrogen-bond donors (Lipinski definition) is 2. The van der Waals surface area contributed by atoms with Crippen molar-refractivity contribution >= 4 is 0 Å². The molecule has 0 saturated heterocycles. The number of allylic oxidation sites excluding steroid dienone is 11. The van der Waals surface area contributed by atoms with Gasteiger partial charge in [-0.15, -0.1) is 0 Å². The Bertz CT molecular complexity index is 1810. The molecular weight excluding hydrogens is 588 g/mol. The predicted molar refractivity (Wildman–Crippen MR) is 197 cm³/mol. The van der Waals surface area contributed by atoms with Crippen molar-refractivity contribution in [1.29, 1.82) is 0 Å². The van der Waals surface area contributed by atoms with Gasteiger partial charge in [0.25, 0.3) is 0 Å². The third-order valence-corrected chi connectivity index (χ3v) is 12.2. The van der Waals surface area contributed by atoms with E-state index in [0.29, 0.717) is 24.0 Å². The zero-order valence-corrected chi connectivity index (χ0v) is 29.1. The minimum atomic E-state index is -0.199. The van der Waals surface area contributed by atoms with Gasteiger partial charge in [0.2, 0.25) is 0 Å². The Morgan fingerprint density at radius 2 is 1.62 bits per heavy atom. The van der Waals surface area contributed by atoms with Crippen molar-refractivity contribution < 1.29 is 14.9 Å². The second kappa shape index (κ2) is 12.3. The summed E-state index contributed by atoms with van der Waals surface area (Å²) in [5.41, 5.74) is 8.27. The minimum absolute atomic E-state index is 0.00189. The number of aliphatic hydroxyl groups excluding tert-OH is 2. The molecule has 1 fully saturated rings. The van der Waals surface area contributed by atoms with Gasteiger partial charge in [-0.3, -0.25) is 0 Å². The summed E-state index contributed by atoms with van der Waals surface area (Å²) >= 11 is 0. The first-order chi connectivity index (χ1) is 23.1. The number of benzene rings is 2. The van der Waals surface area contributed by atoms with Gasteiger partial charge in [0, 0.05) is 22.7 Å². The quantitative estimate of drug-likeness (QED) is 0.320. The highest BCUT2D eigenvalue weighted by Gasteiger charge is 2.55. The molecule has 7 unspecified atom stereocenters. The van der Waals surface area contributed by atoms with Crippen LogP contribution in [0.2, 0.25) is 0 Å². The highest BCUT2D eigenvalue weighted by atomic mass is 16.5. The lowest BCUT2D eigenvalue weighted by Gasteiger charge is -2.55. The van der Waals surface area contributed by atoms with Crippen LogP contribution in [0.15, 0.2) is 149 Å². The van der Waals surface area contributed by atoms with Gasteiger partial charge in [0.15, 0.2) is 0 Å². The minimum Gasteiger partial charge on any atom is -0.508 e. The number of rotatable bonds is 5. The van der Waals surface area contributed by atoms with Gasteiger partial charge in [0.1, 0.15) is 23.4 Å². The van der Waals surface area contributed by atoms with Crippen LogP contribution in [0.25, 0.3) is 11.1 Å². The maximum Gasteiger partial charge on any atom is 0.120 e. The van der Waals surface area contributed by atoms with Crippen LogP contribution < -0.4 is 0 Å². The van der Waals surface area contributed by atoms with Gasteiger partial charge < -0.3 is 14.9 Å². The zero-order chi connectivity index (χ0) is 33.8. The summed E-state index contributed by atoms with van der Waals surface area (Å²) in [6, 6.07) is 19.4. The van der Waals surface area contributed by atoms with E-state index in [4.69, 9.17) is 4.74 Å². The summed E-state index contributed by atoms with van der Waals surface area (Å²) in [4.78, 5) is 0. The van der Waals surface area contributed by atoms with E-state index in [-0.39, 0.29) is 40.4 Å². The maximum atomic E-state index is 11.4. The zero-order valence-electron chi connectivity index (χ0n) is 29.1. The van der Waals surface area contributed by atoms with Crippen molar-refractivity contribution in [3.63, 3.8) is 0 Å². The molecule has 1 saturated carbocycles. The third-order valence-electron chi connectivity index (χ3n) is 12.2. The van der Waals surface area contributed by atoms with E-state index < -0.39 is 0 Å². The van der Waals surface area contributed by atoms with Crippen molar-refractivity contribution in [2.24, 2.45) is 34.5 Å². The topological polar surface area (TPSA) is 49.7 Å².